The molecule has 0 radical (unpaired) electrons. The SMILES string of the molecule is COC(=O)c1ccc(NC(=O)CSc2nnc(-c3cccnc3)n2C)cc1. The number of nitrogens with zero attached hydrogens (tertiary/aromatic N) is 4. The third-order valence-corrected chi connectivity index (χ3v) is 4.70. The van der Waals surface area contributed by atoms with Gasteiger partial charge >= 0.3 is 5.97 Å². The lowest BCUT2D eigenvalue weighted by molar-refractivity contribution is -0.113. The maximum atomic E-state index is 12.2. The van der Waals surface area contributed by atoms with Gasteiger partial charge in [-0.15, -0.1) is 10.2 Å². The first-order chi connectivity index (χ1) is 13.1. The number of nitrogens with one attached hydrogen (secondary N) is 1. The smallest absolute Gasteiger partial charge is 0.337 e. The minimum absolute atomic E-state index is 0.178. The lowest BCUT2D eigenvalue weighted by Crippen LogP contribution is -2.14. The monoisotopic (exact) mass is 383 g/mol. The number of hydrogen-bond acceptors (Lipinski definition) is 7. The number of hydrogen-bond donors (Lipinski definition) is 1. The highest BCUT2D eigenvalue weighted by atomic mass is 32.2. The van der Waals surface area contributed by atoms with Crippen molar-refractivity contribution in [1.82, 2.24) is 19.7 Å². The number of thioether (sulfide) groups is 1. The van der Waals surface area contributed by atoms with E-state index in [0.29, 0.717) is 22.2 Å². The fourth-order valence-corrected chi connectivity index (χ4v) is 3.03. The van der Waals surface area contributed by atoms with E-state index in [0.717, 1.165) is 5.56 Å². The Morgan fingerprint density at radius 2 is 1.96 bits per heavy atom. The molecule has 0 saturated carbocycles. The highest BCUT2D eigenvalue weighted by Gasteiger charge is 2.13. The van der Waals surface area contributed by atoms with E-state index >= 15 is 0 Å². The zero-order valence-electron chi connectivity index (χ0n) is 14.7. The van der Waals surface area contributed by atoms with Gasteiger partial charge in [0, 0.05) is 30.7 Å². The van der Waals surface area contributed by atoms with Gasteiger partial charge in [0.25, 0.3) is 0 Å². The number of carbonyl (C=O) groups is 2. The summed E-state index contributed by atoms with van der Waals surface area (Å²) in [4.78, 5) is 27.6. The highest BCUT2D eigenvalue weighted by Crippen LogP contribution is 2.22. The van der Waals surface area contributed by atoms with Gasteiger partial charge in [-0.1, -0.05) is 11.8 Å². The van der Waals surface area contributed by atoms with Gasteiger partial charge in [0.2, 0.25) is 5.91 Å². The fourth-order valence-electron chi connectivity index (χ4n) is 2.32. The average molecular weight is 383 g/mol. The number of rotatable bonds is 6. The highest BCUT2D eigenvalue weighted by molar-refractivity contribution is 7.99. The minimum atomic E-state index is -0.421. The fraction of sp³-hybridized carbons (Fsp3) is 0.167. The van der Waals surface area contributed by atoms with E-state index in [4.69, 9.17) is 0 Å². The van der Waals surface area contributed by atoms with Gasteiger partial charge in [0.05, 0.1) is 18.4 Å². The van der Waals surface area contributed by atoms with Crippen molar-refractivity contribution in [2.75, 3.05) is 18.2 Å². The maximum Gasteiger partial charge on any atom is 0.337 e. The third kappa shape index (κ3) is 4.50. The summed E-state index contributed by atoms with van der Waals surface area (Å²) in [6, 6.07) is 10.2. The Hall–Kier alpha value is -3.20. The van der Waals surface area contributed by atoms with Crippen molar-refractivity contribution in [3.8, 4) is 11.4 Å². The maximum absolute atomic E-state index is 12.2. The molecule has 0 fully saturated rings. The topological polar surface area (TPSA) is 99.0 Å². The van der Waals surface area contributed by atoms with Crippen molar-refractivity contribution in [2.45, 2.75) is 5.16 Å². The van der Waals surface area contributed by atoms with Crippen LogP contribution in [0.15, 0.2) is 53.9 Å². The van der Waals surface area contributed by atoms with Crippen LogP contribution in [0.3, 0.4) is 0 Å². The molecule has 0 unspecified atom stereocenters. The summed E-state index contributed by atoms with van der Waals surface area (Å²) in [5, 5.41) is 11.7. The number of carbonyl (C=O) groups excluding carboxylic acids is 2. The van der Waals surface area contributed by atoms with Crippen molar-refractivity contribution in [3.05, 3.63) is 54.4 Å². The molecule has 1 N–H and O–H groups in total. The molecule has 0 aliphatic rings. The Labute approximate surface area is 160 Å². The van der Waals surface area contributed by atoms with Crippen molar-refractivity contribution in [1.29, 1.82) is 0 Å². The summed E-state index contributed by atoms with van der Waals surface area (Å²) in [6.45, 7) is 0. The van der Waals surface area contributed by atoms with Crippen LogP contribution in [0.25, 0.3) is 11.4 Å². The summed E-state index contributed by atoms with van der Waals surface area (Å²) in [7, 11) is 3.16. The lowest BCUT2D eigenvalue weighted by Gasteiger charge is -2.06. The quantitative estimate of drug-likeness (QED) is 0.515. The number of aromatic nitrogens is 4. The van der Waals surface area contributed by atoms with Gasteiger partial charge in [0.1, 0.15) is 0 Å². The summed E-state index contributed by atoms with van der Waals surface area (Å²) >= 11 is 1.28. The molecule has 0 bridgehead atoms. The normalized spacial score (nSPS) is 10.4. The lowest BCUT2D eigenvalue weighted by atomic mass is 10.2. The first-order valence-corrected chi connectivity index (χ1v) is 8.98. The molecule has 0 aliphatic carbocycles. The van der Waals surface area contributed by atoms with Crippen LogP contribution < -0.4 is 5.32 Å². The molecule has 9 heteroatoms. The van der Waals surface area contributed by atoms with Crippen LogP contribution in [0.1, 0.15) is 10.4 Å². The molecule has 0 aliphatic heterocycles. The Morgan fingerprint density at radius 3 is 2.63 bits per heavy atom. The number of pyridine rings is 1. The molecular formula is C18H17N5O3S. The second kappa shape index (κ2) is 8.45. The van der Waals surface area contributed by atoms with Crippen LogP contribution in [-0.2, 0) is 16.6 Å². The summed E-state index contributed by atoms with van der Waals surface area (Å²) < 4.78 is 6.46. The van der Waals surface area contributed by atoms with Crippen molar-refractivity contribution in [3.63, 3.8) is 0 Å². The molecule has 27 heavy (non-hydrogen) atoms. The van der Waals surface area contributed by atoms with Crippen molar-refractivity contribution in [2.24, 2.45) is 7.05 Å². The molecule has 2 aromatic heterocycles. The van der Waals surface area contributed by atoms with Gasteiger partial charge in [-0.3, -0.25) is 9.78 Å². The summed E-state index contributed by atoms with van der Waals surface area (Å²) in [5.74, 6) is 0.258. The molecule has 2 heterocycles. The largest absolute Gasteiger partial charge is 0.465 e. The molecule has 1 amide bonds. The number of benzene rings is 1. The second-order valence-electron chi connectivity index (χ2n) is 5.51. The zero-order chi connectivity index (χ0) is 19.2. The second-order valence-corrected chi connectivity index (χ2v) is 6.46. The molecule has 138 valence electrons. The number of anilines is 1. The molecule has 8 nitrogen and oxygen atoms in total. The molecule has 3 rings (SSSR count). The van der Waals surface area contributed by atoms with E-state index in [9.17, 15) is 9.59 Å². The zero-order valence-corrected chi connectivity index (χ0v) is 15.6. The van der Waals surface area contributed by atoms with E-state index in [1.54, 1.807) is 36.7 Å². The van der Waals surface area contributed by atoms with Gasteiger partial charge in [-0.2, -0.15) is 0 Å². The Kier molecular flexibility index (Phi) is 5.82. The molecule has 1 aromatic carbocycles. The summed E-state index contributed by atoms with van der Waals surface area (Å²) in [6.07, 6.45) is 3.40. The average Bonchev–Trinajstić information content (AvgIpc) is 3.07. The molecule has 0 saturated heterocycles. The van der Waals surface area contributed by atoms with E-state index in [-0.39, 0.29) is 11.7 Å². The number of esters is 1. The van der Waals surface area contributed by atoms with Crippen molar-refractivity contribution < 1.29 is 14.3 Å². The van der Waals surface area contributed by atoms with Gasteiger partial charge in [-0.05, 0) is 36.4 Å². The standard InChI is InChI=1S/C18H17N5O3S/c1-23-16(13-4-3-9-19-10-13)21-22-18(23)27-11-15(24)20-14-7-5-12(6-8-14)17(25)26-2/h3-10H,11H2,1-2H3,(H,20,24). The first-order valence-electron chi connectivity index (χ1n) is 7.99. The Morgan fingerprint density at radius 1 is 1.19 bits per heavy atom. The molecule has 0 spiro atoms. The predicted octanol–water partition coefficient (Wildman–Crippen LogP) is 2.39. The first kappa shape index (κ1) is 18.6. The van der Waals surface area contributed by atoms with Crippen LogP contribution in [0.5, 0.6) is 0 Å². The number of methoxy groups -OCH3 is 1. The summed E-state index contributed by atoms with van der Waals surface area (Å²) in [5.41, 5.74) is 1.88. The number of ether oxygens (including phenoxy) is 1. The molecular weight excluding hydrogens is 366 g/mol. The van der Waals surface area contributed by atoms with Gasteiger partial charge in [-0.25, -0.2) is 4.79 Å². The minimum Gasteiger partial charge on any atom is -0.465 e. The van der Waals surface area contributed by atoms with Crippen LogP contribution in [0.2, 0.25) is 0 Å². The van der Waals surface area contributed by atoms with E-state index in [1.165, 1.54) is 18.9 Å². The van der Waals surface area contributed by atoms with Crippen LogP contribution in [0, 0.1) is 0 Å². The Balaban J connectivity index is 1.58. The van der Waals surface area contributed by atoms with Crippen LogP contribution >= 0.6 is 11.8 Å². The van der Waals surface area contributed by atoms with Crippen LogP contribution in [-0.4, -0.2) is 44.5 Å². The molecule has 0 atom stereocenters. The van der Waals surface area contributed by atoms with Gasteiger partial charge in [0.15, 0.2) is 11.0 Å². The molecule has 3 aromatic rings. The predicted molar refractivity (Wildman–Crippen MR) is 101 cm³/mol. The van der Waals surface area contributed by atoms with E-state index < -0.39 is 5.97 Å². The van der Waals surface area contributed by atoms with Crippen molar-refractivity contribution >= 4 is 29.3 Å². The van der Waals surface area contributed by atoms with E-state index in [2.05, 4.69) is 25.2 Å². The number of amides is 1. The van der Waals surface area contributed by atoms with Crippen LogP contribution in [0.4, 0.5) is 5.69 Å². The third-order valence-electron chi connectivity index (χ3n) is 3.68. The Bertz CT molecular complexity index is 941. The van der Waals surface area contributed by atoms with Gasteiger partial charge < -0.3 is 14.6 Å². The van der Waals surface area contributed by atoms with E-state index in [1.807, 2.05) is 23.7 Å².